The second-order valence-corrected chi connectivity index (χ2v) is 6.11. The fourth-order valence-corrected chi connectivity index (χ4v) is 2.98. The van der Waals surface area contributed by atoms with Gasteiger partial charge in [0.15, 0.2) is 0 Å². The highest BCUT2D eigenvalue weighted by molar-refractivity contribution is 5.94. The summed E-state index contributed by atoms with van der Waals surface area (Å²) in [5, 5.41) is 12.6. The number of rotatable bonds is 4. The first-order chi connectivity index (χ1) is 10.6. The number of carbonyl (C=O) groups excluding carboxylic acids is 1. The molecule has 1 saturated carbocycles. The molecule has 116 valence electrons. The van der Waals surface area contributed by atoms with Crippen molar-refractivity contribution in [2.75, 3.05) is 6.61 Å². The Morgan fingerprint density at radius 2 is 2.41 bits per heavy atom. The molecule has 6 nitrogen and oxygen atoms in total. The maximum absolute atomic E-state index is 12.4. The highest BCUT2D eigenvalue weighted by Crippen LogP contribution is 2.37. The van der Waals surface area contributed by atoms with E-state index in [1.54, 1.807) is 41.6 Å². The molecule has 0 radical (unpaired) electrons. The molecule has 2 aromatic rings. The van der Waals surface area contributed by atoms with E-state index in [0.29, 0.717) is 5.56 Å². The number of imidazole rings is 1. The van der Waals surface area contributed by atoms with Gasteiger partial charge in [-0.15, -0.1) is 0 Å². The number of amides is 1. The number of carbonyl (C=O) groups is 1. The zero-order chi connectivity index (χ0) is 15.6. The Hall–Kier alpha value is -2.21. The second-order valence-electron chi connectivity index (χ2n) is 6.11. The van der Waals surface area contributed by atoms with Crippen LogP contribution in [0.3, 0.4) is 0 Å². The van der Waals surface area contributed by atoms with E-state index in [2.05, 4.69) is 15.3 Å². The summed E-state index contributed by atoms with van der Waals surface area (Å²) < 4.78 is 1.78. The van der Waals surface area contributed by atoms with Crippen molar-refractivity contribution < 1.29 is 9.90 Å². The van der Waals surface area contributed by atoms with Crippen molar-refractivity contribution in [3.05, 3.63) is 42.6 Å². The first-order valence-corrected chi connectivity index (χ1v) is 7.48. The van der Waals surface area contributed by atoms with Gasteiger partial charge in [-0.25, -0.2) is 9.97 Å². The van der Waals surface area contributed by atoms with Crippen LogP contribution < -0.4 is 5.32 Å². The fraction of sp³-hybridized carbons (Fsp3) is 0.438. The maximum Gasteiger partial charge on any atom is 0.253 e. The topological polar surface area (TPSA) is 80.0 Å². The van der Waals surface area contributed by atoms with Crippen LogP contribution in [-0.4, -0.2) is 38.2 Å². The predicted octanol–water partition coefficient (Wildman–Crippen LogP) is 1.55. The third-order valence-corrected chi connectivity index (χ3v) is 4.53. The van der Waals surface area contributed by atoms with E-state index in [0.717, 1.165) is 25.1 Å². The Balaban J connectivity index is 1.70. The smallest absolute Gasteiger partial charge is 0.253 e. The van der Waals surface area contributed by atoms with Gasteiger partial charge >= 0.3 is 0 Å². The van der Waals surface area contributed by atoms with Crippen LogP contribution in [0.1, 0.15) is 36.5 Å². The van der Waals surface area contributed by atoms with Crippen LogP contribution >= 0.6 is 0 Å². The summed E-state index contributed by atoms with van der Waals surface area (Å²) in [6, 6.07) is 3.55. The van der Waals surface area contributed by atoms with Gasteiger partial charge in [-0.1, -0.05) is 13.3 Å². The SMILES string of the molecule is CC1(CO)CCCC1NC(=O)c1ccc(-n2ccnc2)nc1. The second kappa shape index (κ2) is 5.88. The van der Waals surface area contributed by atoms with Gasteiger partial charge in [0.2, 0.25) is 0 Å². The van der Waals surface area contributed by atoms with Crippen LogP contribution in [0.4, 0.5) is 0 Å². The highest BCUT2D eigenvalue weighted by Gasteiger charge is 2.39. The van der Waals surface area contributed by atoms with Crippen molar-refractivity contribution in [2.45, 2.75) is 32.2 Å². The summed E-state index contributed by atoms with van der Waals surface area (Å²) in [6.45, 7) is 2.11. The zero-order valence-electron chi connectivity index (χ0n) is 12.6. The van der Waals surface area contributed by atoms with E-state index in [9.17, 15) is 9.90 Å². The minimum atomic E-state index is -0.222. The van der Waals surface area contributed by atoms with Crippen molar-refractivity contribution in [3.63, 3.8) is 0 Å². The minimum absolute atomic E-state index is 0.0123. The lowest BCUT2D eigenvalue weighted by Gasteiger charge is -2.30. The minimum Gasteiger partial charge on any atom is -0.396 e. The Morgan fingerprint density at radius 1 is 1.55 bits per heavy atom. The molecule has 2 aromatic heterocycles. The number of aliphatic hydroxyl groups excluding tert-OH is 1. The van der Waals surface area contributed by atoms with Crippen LogP contribution in [0, 0.1) is 5.41 Å². The summed E-state index contributed by atoms with van der Waals surface area (Å²) in [7, 11) is 0. The van der Waals surface area contributed by atoms with Crippen molar-refractivity contribution >= 4 is 5.91 Å². The number of nitrogens with zero attached hydrogens (tertiary/aromatic N) is 3. The summed E-state index contributed by atoms with van der Waals surface area (Å²) in [4.78, 5) is 20.6. The van der Waals surface area contributed by atoms with E-state index < -0.39 is 0 Å². The van der Waals surface area contributed by atoms with Gasteiger partial charge in [0.05, 0.1) is 12.2 Å². The number of pyridine rings is 1. The zero-order valence-corrected chi connectivity index (χ0v) is 12.6. The molecule has 1 aliphatic carbocycles. The number of aromatic nitrogens is 3. The normalized spacial score (nSPS) is 24.4. The highest BCUT2D eigenvalue weighted by atomic mass is 16.3. The average molecular weight is 300 g/mol. The van der Waals surface area contributed by atoms with Gasteiger partial charge in [-0.05, 0) is 25.0 Å². The number of hydrogen-bond donors (Lipinski definition) is 2. The molecule has 6 heteroatoms. The van der Waals surface area contributed by atoms with E-state index in [4.69, 9.17) is 0 Å². The van der Waals surface area contributed by atoms with E-state index in [-0.39, 0.29) is 24.0 Å². The van der Waals surface area contributed by atoms with Gasteiger partial charge < -0.3 is 10.4 Å². The molecule has 0 spiro atoms. The molecule has 2 N–H and O–H groups in total. The number of aliphatic hydroxyl groups is 1. The summed E-state index contributed by atoms with van der Waals surface area (Å²) in [5.41, 5.74) is 0.302. The van der Waals surface area contributed by atoms with Crippen LogP contribution in [0.2, 0.25) is 0 Å². The molecule has 3 rings (SSSR count). The number of nitrogens with one attached hydrogen (secondary N) is 1. The molecular weight excluding hydrogens is 280 g/mol. The van der Waals surface area contributed by atoms with Crippen LogP contribution in [-0.2, 0) is 0 Å². The first kappa shape index (κ1) is 14.7. The van der Waals surface area contributed by atoms with Gasteiger partial charge in [-0.2, -0.15) is 0 Å². The third kappa shape index (κ3) is 2.74. The van der Waals surface area contributed by atoms with Crippen LogP contribution in [0.25, 0.3) is 5.82 Å². The van der Waals surface area contributed by atoms with Crippen molar-refractivity contribution in [1.82, 2.24) is 19.9 Å². The Kier molecular flexibility index (Phi) is 3.94. The lowest BCUT2D eigenvalue weighted by atomic mass is 9.85. The molecule has 2 atom stereocenters. The monoisotopic (exact) mass is 300 g/mol. The molecule has 1 aliphatic rings. The number of hydrogen-bond acceptors (Lipinski definition) is 4. The van der Waals surface area contributed by atoms with Gasteiger partial charge in [0.1, 0.15) is 12.1 Å². The summed E-state index contributed by atoms with van der Waals surface area (Å²) in [6.07, 6.45) is 9.57. The molecular formula is C16H20N4O2. The predicted molar refractivity (Wildman–Crippen MR) is 81.7 cm³/mol. The first-order valence-electron chi connectivity index (χ1n) is 7.48. The molecule has 0 aromatic carbocycles. The molecule has 0 aliphatic heterocycles. The Labute approximate surface area is 129 Å². The quantitative estimate of drug-likeness (QED) is 0.898. The summed E-state index contributed by atoms with van der Waals surface area (Å²) >= 11 is 0. The van der Waals surface area contributed by atoms with Gasteiger partial charge in [0.25, 0.3) is 5.91 Å². The van der Waals surface area contributed by atoms with Crippen LogP contribution in [0.5, 0.6) is 0 Å². The largest absolute Gasteiger partial charge is 0.396 e. The molecule has 0 bridgehead atoms. The third-order valence-electron chi connectivity index (χ3n) is 4.53. The molecule has 1 amide bonds. The van der Waals surface area contributed by atoms with Crippen molar-refractivity contribution in [2.24, 2.45) is 5.41 Å². The van der Waals surface area contributed by atoms with E-state index in [1.807, 2.05) is 6.92 Å². The maximum atomic E-state index is 12.4. The van der Waals surface area contributed by atoms with Gasteiger partial charge in [-0.3, -0.25) is 9.36 Å². The fourth-order valence-electron chi connectivity index (χ4n) is 2.98. The Bertz CT molecular complexity index is 639. The lowest BCUT2D eigenvalue weighted by Crippen LogP contribution is -2.44. The van der Waals surface area contributed by atoms with E-state index >= 15 is 0 Å². The Morgan fingerprint density at radius 3 is 3.05 bits per heavy atom. The van der Waals surface area contributed by atoms with Crippen molar-refractivity contribution in [3.8, 4) is 5.82 Å². The molecule has 2 heterocycles. The summed E-state index contributed by atoms with van der Waals surface area (Å²) in [5.74, 6) is 0.575. The molecule has 0 saturated heterocycles. The van der Waals surface area contributed by atoms with Crippen LogP contribution in [0.15, 0.2) is 37.1 Å². The molecule has 1 fully saturated rings. The van der Waals surface area contributed by atoms with E-state index in [1.165, 1.54) is 0 Å². The van der Waals surface area contributed by atoms with Gasteiger partial charge in [0, 0.05) is 30.0 Å². The molecule has 2 unspecified atom stereocenters. The molecule has 22 heavy (non-hydrogen) atoms. The lowest BCUT2D eigenvalue weighted by molar-refractivity contribution is 0.0830. The van der Waals surface area contributed by atoms with Crippen molar-refractivity contribution in [1.29, 1.82) is 0 Å². The average Bonchev–Trinajstić information content (AvgIpc) is 3.19. The standard InChI is InChI=1S/C16H20N4O2/c1-16(10-21)6-2-3-13(16)19-15(22)12-4-5-14(18-9-12)20-8-7-17-11-20/h4-5,7-9,11,13,21H,2-3,6,10H2,1H3,(H,19,22).